The molecule has 1 heterocycles. The Balaban J connectivity index is 2.49. The van der Waals surface area contributed by atoms with Crippen LogP contribution in [0.4, 0.5) is 0 Å². The average molecular weight is 352 g/mol. The molecule has 0 bridgehead atoms. The molecule has 1 saturated heterocycles. The fraction of sp³-hybridized carbons (Fsp3) is 0.571. The number of halogens is 2. The van der Waals surface area contributed by atoms with Crippen LogP contribution < -0.4 is 0 Å². The van der Waals surface area contributed by atoms with Gasteiger partial charge in [0, 0.05) is 23.2 Å². The Hall–Kier alpha value is -0.330. The van der Waals surface area contributed by atoms with Gasteiger partial charge in [0.15, 0.2) is 0 Å². The first kappa shape index (κ1) is 17.0. The van der Waals surface area contributed by atoms with Gasteiger partial charge in [0.25, 0.3) is 0 Å². The second-order valence-corrected chi connectivity index (χ2v) is 8.25. The number of benzene rings is 1. The maximum Gasteiger partial charge on any atom is 0.244 e. The second kappa shape index (κ2) is 6.42. The lowest BCUT2D eigenvalue weighted by atomic mass is 9.97. The highest BCUT2D eigenvalue weighted by molar-refractivity contribution is 7.89. The molecular formula is C14H19Cl2NO3S. The van der Waals surface area contributed by atoms with Crippen LogP contribution in [-0.4, -0.2) is 30.4 Å². The van der Waals surface area contributed by atoms with Gasteiger partial charge >= 0.3 is 0 Å². The van der Waals surface area contributed by atoms with Gasteiger partial charge in [0.05, 0.1) is 11.6 Å². The molecule has 1 aliphatic heterocycles. The third-order valence-electron chi connectivity index (χ3n) is 3.96. The number of sulfonamides is 1. The van der Waals surface area contributed by atoms with E-state index in [1.54, 1.807) is 0 Å². The van der Waals surface area contributed by atoms with Crippen LogP contribution in [0, 0.1) is 5.92 Å². The molecule has 0 spiro atoms. The molecular weight excluding hydrogens is 333 g/mol. The van der Waals surface area contributed by atoms with Gasteiger partial charge in [-0.25, -0.2) is 8.42 Å². The molecule has 0 saturated carbocycles. The lowest BCUT2D eigenvalue weighted by Crippen LogP contribution is -2.44. The zero-order chi connectivity index (χ0) is 15.8. The number of hydrogen-bond acceptors (Lipinski definition) is 3. The number of aliphatic hydroxyl groups excluding tert-OH is 1. The maximum atomic E-state index is 12.9. The van der Waals surface area contributed by atoms with E-state index in [1.807, 2.05) is 13.8 Å². The minimum atomic E-state index is -3.69. The Morgan fingerprint density at radius 1 is 1.29 bits per heavy atom. The molecule has 2 unspecified atom stereocenters. The highest BCUT2D eigenvalue weighted by Gasteiger charge is 2.35. The van der Waals surface area contributed by atoms with Gasteiger partial charge < -0.3 is 5.11 Å². The monoisotopic (exact) mass is 351 g/mol. The largest absolute Gasteiger partial charge is 0.392 e. The Bertz CT molecular complexity index is 633. The van der Waals surface area contributed by atoms with Crippen molar-refractivity contribution in [2.75, 3.05) is 6.54 Å². The molecule has 1 fully saturated rings. The third-order valence-corrected chi connectivity index (χ3v) is 6.88. The van der Waals surface area contributed by atoms with Gasteiger partial charge in [0.2, 0.25) is 10.0 Å². The van der Waals surface area contributed by atoms with E-state index in [9.17, 15) is 13.5 Å². The maximum absolute atomic E-state index is 12.9. The summed E-state index contributed by atoms with van der Waals surface area (Å²) in [6.07, 6.45) is 1.85. The van der Waals surface area contributed by atoms with Crippen molar-refractivity contribution >= 4 is 33.2 Å². The summed E-state index contributed by atoms with van der Waals surface area (Å²) in [6.45, 7) is 4.03. The smallest absolute Gasteiger partial charge is 0.244 e. The van der Waals surface area contributed by atoms with E-state index < -0.39 is 16.6 Å². The Kier molecular flexibility index (Phi) is 5.21. The summed E-state index contributed by atoms with van der Waals surface area (Å²) in [4.78, 5) is 0.0126. The van der Waals surface area contributed by atoms with E-state index in [0.717, 1.165) is 12.8 Å². The molecule has 4 nitrogen and oxygen atoms in total. The number of piperidine rings is 1. The number of hydrogen-bond donors (Lipinski definition) is 1. The van der Waals surface area contributed by atoms with Crippen LogP contribution in [0.3, 0.4) is 0 Å². The predicted octanol–water partition coefficient (Wildman–Crippen LogP) is 3.29. The summed E-state index contributed by atoms with van der Waals surface area (Å²) in [5, 5.41) is 9.59. The van der Waals surface area contributed by atoms with Crippen molar-refractivity contribution in [2.24, 2.45) is 5.92 Å². The van der Waals surface area contributed by atoms with Crippen LogP contribution >= 0.6 is 23.2 Å². The summed E-state index contributed by atoms with van der Waals surface area (Å²) in [5.74, 6) is 0.319. The molecule has 0 aromatic heterocycles. The number of nitrogens with zero attached hydrogens (tertiary/aromatic N) is 1. The van der Waals surface area contributed by atoms with Crippen molar-refractivity contribution in [3.63, 3.8) is 0 Å². The molecule has 1 aromatic rings. The van der Waals surface area contributed by atoms with Gasteiger partial charge in [0.1, 0.15) is 4.90 Å². The molecule has 21 heavy (non-hydrogen) atoms. The molecule has 7 heteroatoms. The fourth-order valence-corrected chi connectivity index (χ4v) is 5.28. The normalized spacial score (nSPS) is 24.2. The van der Waals surface area contributed by atoms with Gasteiger partial charge in [-0.15, -0.1) is 0 Å². The minimum absolute atomic E-state index is 0.00965. The summed E-state index contributed by atoms with van der Waals surface area (Å²) in [6, 6.07) is 2.81. The van der Waals surface area contributed by atoms with Crippen LogP contribution in [0.1, 0.15) is 32.3 Å². The fourth-order valence-electron chi connectivity index (χ4n) is 2.63. The molecule has 2 rings (SSSR count). The molecule has 1 N–H and O–H groups in total. The predicted molar refractivity (Wildman–Crippen MR) is 84.1 cm³/mol. The molecule has 118 valence electrons. The van der Waals surface area contributed by atoms with Crippen molar-refractivity contribution in [3.8, 4) is 0 Å². The third kappa shape index (κ3) is 3.22. The Morgan fingerprint density at radius 2 is 1.95 bits per heavy atom. The van der Waals surface area contributed by atoms with Gasteiger partial charge in [-0.3, -0.25) is 0 Å². The van der Waals surface area contributed by atoms with Crippen molar-refractivity contribution in [3.05, 3.63) is 27.7 Å². The van der Waals surface area contributed by atoms with E-state index >= 15 is 0 Å². The lowest BCUT2D eigenvalue weighted by molar-refractivity contribution is 0.218. The molecule has 1 aromatic carbocycles. The van der Waals surface area contributed by atoms with E-state index in [2.05, 4.69) is 0 Å². The highest BCUT2D eigenvalue weighted by Crippen LogP contribution is 2.35. The first-order valence-electron chi connectivity index (χ1n) is 6.88. The van der Waals surface area contributed by atoms with Gasteiger partial charge in [-0.2, -0.15) is 4.31 Å². The van der Waals surface area contributed by atoms with Crippen LogP contribution in [0.15, 0.2) is 17.0 Å². The van der Waals surface area contributed by atoms with Crippen molar-refractivity contribution < 1.29 is 13.5 Å². The van der Waals surface area contributed by atoms with Crippen LogP contribution in [0.2, 0.25) is 10.0 Å². The zero-order valence-electron chi connectivity index (χ0n) is 12.0. The standard InChI is InChI=1S/C14H19Cl2NO3S/c1-9-3-4-10(2)17(7-9)21(19,20)13-6-5-12(15)11(8-18)14(13)16/h5-6,9-10,18H,3-4,7-8H2,1-2H3. The zero-order valence-corrected chi connectivity index (χ0v) is 14.3. The topological polar surface area (TPSA) is 57.6 Å². The molecule has 0 amide bonds. The Labute approximate surface area is 135 Å². The molecule has 2 atom stereocenters. The van der Waals surface area contributed by atoms with Crippen LogP contribution in [0.5, 0.6) is 0 Å². The van der Waals surface area contributed by atoms with Crippen molar-refractivity contribution in [1.82, 2.24) is 4.31 Å². The van der Waals surface area contributed by atoms with Crippen LogP contribution in [0.25, 0.3) is 0 Å². The van der Waals surface area contributed by atoms with E-state index in [1.165, 1.54) is 16.4 Å². The average Bonchev–Trinajstić information content (AvgIpc) is 2.41. The molecule has 1 aliphatic rings. The highest BCUT2D eigenvalue weighted by atomic mass is 35.5. The van der Waals surface area contributed by atoms with E-state index in [0.29, 0.717) is 12.5 Å². The summed E-state index contributed by atoms with van der Waals surface area (Å²) in [7, 11) is -3.69. The molecule has 0 aliphatic carbocycles. The lowest BCUT2D eigenvalue weighted by Gasteiger charge is -2.35. The number of rotatable bonds is 3. The summed E-state index contributed by atoms with van der Waals surface area (Å²) in [5.41, 5.74) is 0.247. The van der Waals surface area contributed by atoms with Gasteiger partial charge in [-0.05, 0) is 37.8 Å². The first-order valence-corrected chi connectivity index (χ1v) is 9.08. The minimum Gasteiger partial charge on any atom is -0.392 e. The van der Waals surface area contributed by atoms with E-state index in [-0.39, 0.29) is 26.5 Å². The Morgan fingerprint density at radius 3 is 2.57 bits per heavy atom. The molecule has 0 radical (unpaired) electrons. The van der Waals surface area contributed by atoms with Crippen molar-refractivity contribution in [1.29, 1.82) is 0 Å². The SMILES string of the molecule is CC1CCC(C)N(S(=O)(=O)c2ccc(Cl)c(CO)c2Cl)C1. The van der Waals surface area contributed by atoms with Crippen molar-refractivity contribution in [2.45, 2.75) is 44.2 Å². The number of aliphatic hydroxyl groups is 1. The first-order chi connectivity index (χ1) is 9.78. The second-order valence-electron chi connectivity index (χ2n) is 5.60. The van der Waals surface area contributed by atoms with E-state index in [4.69, 9.17) is 23.2 Å². The van der Waals surface area contributed by atoms with Crippen LogP contribution in [-0.2, 0) is 16.6 Å². The quantitative estimate of drug-likeness (QED) is 0.908. The summed E-state index contributed by atoms with van der Waals surface area (Å²) >= 11 is 12.1. The summed E-state index contributed by atoms with van der Waals surface area (Å²) < 4.78 is 27.2. The van der Waals surface area contributed by atoms with Gasteiger partial charge in [-0.1, -0.05) is 30.1 Å².